The number of rotatable bonds is 6. The SMILES string of the molecule is O=C(NCc1ccco1)N1CCCC(Cn2cc(CCO)nn2)C1. The first-order valence-corrected chi connectivity index (χ1v) is 8.29. The van der Waals surface area contributed by atoms with Crippen LogP contribution in [0, 0.1) is 5.92 Å². The topological polar surface area (TPSA) is 96.4 Å². The maximum Gasteiger partial charge on any atom is 0.317 e. The molecule has 24 heavy (non-hydrogen) atoms. The van der Waals surface area contributed by atoms with Gasteiger partial charge >= 0.3 is 6.03 Å². The fourth-order valence-corrected chi connectivity index (χ4v) is 3.01. The first-order valence-electron chi connectivity index (χ1n) is 8.29. The lowest BCUT2D eigenvalue weighted by atomic mass is 9.98. The second-order valence-corrected chi connectivity index (χ2v) is 6.10. The molecule has 1 unspecified atom stereocenters. The number of aliphatic hydroxyl groups is 1. The minimum atomic E-state index is -0.0596. The molecule has 130 valence electrons. The Hall–Kier alpha value is -2.35. The fourth-order valence-electron chi connectivity index (χ4n) is 3.01. The quantitative estimate of drug-likeness (QED) is 0.823. The van der Waals surface area contributed by atoms with Crippen molar-refractivity contribution < 1.29 is 14.3 Å². The van der Waals surface area contributed by atoms with Crippen LogP contribution in [0.15, 0.2) is 29.0 Å². The van der Waals surface area contributed by atoms with Crippen molar-refractivity contribution in [1.29, 1.82) is 0 Å². The number of amides is 2. The van der Waals surface area contributed by atoms with Gasteiger partial charge in [0.1, 0.15) is 5.76 Å². The number of likely N-dealkylation sites (tertiary alicyclic amines) is 1. The number of furan rings is 1. The monoisotopic (exact) mass is 333 g/mol. The molecule has 2 aromatic rings. The second-order valence-electron chi connectivity index (χ2n) is 6.10. The number of carbonyl (C=O) groups is 1. The predicted molar refractivity (Wildman–Crippen MR) is 86.1 cm³/mol. The van der Waals surface area contributed by atoms with E-state index in [1.54, 1.807) is 10.9 Å². The van der Waals surface area contributed by atoms with Gasteiger partial charge in [-0.15, -0.1) is 5.10 Å². The van der Waals surface area contributed by atoms with E-state index in [4.69, 9.17) is 9.52 Å². The van der Waals surface area contributed by atoms with Gasteiger partial charge in [0, 0.05) is 38.9 Å². The minimum absolute atomic E-state index is 0.0596. The third-order valence-electron chi connectivity index (χ3n) is 4.20. The lowest BCUT2D eigenvalue weighted by Gasteiger charge is -2.32. The van der Waals surface area contributed by atoms with E-state index in [-0.39, 0.29) is 12.6 Å². The van der Waals surface area contributed by atoms with Crippen LogP contribution >= 0.6 is 0 Å². The molecular formula is C16H23N5O3. The Morgan fingerprint density at radius 1 is 1.50 bits per heavy atom. The van der Waals surface area contributed by atoms with Gasteiger partial charge in [-0.1, -0.05) is 5.21 Å². The molecule has 0 spiro atoms. The van der Waals surface area contributed by atoms with Crippen molar-refractivity contribution in [3.05, 3.63) is 36.0 Å². The van der Waals surface area contributed by atoms with Crippen LogP contribution in [0.1, 0.15) is 24.3 Å². The number of urea groups is 1. The molecule has 8 heteroatoms. The highest BCUT2D eigenvalue weighted by Crippen LogP contribution is 2.18. The number of nitrogens with one attached hydrogen (secondary N) is 1. The number of nitrogens with zero attached hydrogens (tertiary/aromatic N) is 4. The zero-order valence-electron chi connectivity index (χ0n) is 13.6. The van der Waals surface area contributed by atoms with Crippen LogP contribution in [-0.4, -0.2) is 50.7 Å². The van der Waals surface area contributed by atoms with Crippen LogP contribution in [0.3, 0.4) is 0 Å². The molecule has 8 nitrogen and oxygen atoms in total. The van der Waals surface area contributed by atoms with E-state index in [0.717, 1.165) is 37.4 Å². The molecule has 2 amide bonds. The summed E-state index contributed by atoms with van der Waals surface area (Å²) in [6, 6.07) is 3.59. The van der Waals surface area contributed by atoms with Crippen molar-refractivity contribution in [3.8, 4) is 0 Å². The van der Waals surface area contributed by atoms with Crippen LogP contribution in [0.5, 0.6) is 0 Å². The average Bonchev–Trinajstić information content (AvgIpc) is 3.25. The summed E-state index contributed by atoms with van der Waals surface area (Å²) in [5, 5.41) is 19.9. The molecule has 1 aliphatic rings. The molecule has 1 aliphatic heterocycles. The third-order valence-corrected chi connectivity index (χ3v) is 4.20. The molecule has 1 atom stereocenters. The number of piperidine rings is 1. The van der Waals surface area contributed by atoms with Gasteiger partial charge < -0.3 is 19.7 Å². The van der Waals surface area contributed by atoms with Crippen molar-refractivity contribution in [1.82, 2.24) is 25.2 Å². The van der Waals surface area contributed by atoms with E-state index < -0.39 is 0 Å². The van der Waals surface area contributed by atoms with Crippen molar-refractivity contribution in [2.24, 2.45) is 5.92 Å². The Morgan fingerprint density at radius 2 is 2.42 bits per heavy atom. The molecule has 2 N–H and O–H groups in total. The van der Waals surface area contributed by atoms with E-state index in [1.165, 1.54) is 0 Å². The van der Waals surface area contributed by atoms with Crippen LogP contribution < -0.4 is 5.32 Å². The summed E-state index contributed by atoms with van der Waals surface area (Å²) in [7, 11) is 0. The highest BCUT2D eigenvalue weighted by atomic mass is 16.3. The van der Waals surface area contributed by atoms with Crippen molar-refractivity contribution >= 4 is 6.03 Å². The standard InChI is InChI=1S/C16H23N5O3/c22-7-5-14-12-21(19-18-14)11-13-3-1-6-20(10-13)16(23)17-9-15-4-2-8-24-15/h2,4,8,12-13,22H,1,3,5-7,9-11H2,(H,17,23). The van der Waals surface area contributed by atoms with Crippen LogP contribution in [0.25, 0.3) is 0 Å². The maximum absolute atomic E-state index is 12.3. The Labute approximate surface area is 140 Å². The Balaban J connectivity index is 1.48. The number of carbonyl (C=O) groups excluding carboxylic acids is 1. The Kier molecular flexibility index (Phi) is 5.47. The molecule has 1 saturated heterocycles. The molecule has 0 saturated carbocycles. The van der Waals surface area contributed by atoms with Crippen LogP contribution in [0.2, 0.25) is 0 Å². The van der Waals surface area contributed by atoms with Gasteiger partial charge in [-0.3, -0.25) is 4.68 Å². The number of aromatic nitrogens is 3. The molecule has 3 rings (SSSR count). The van der Waals surface area contributed by atoms with E-state index >= 15 is 0 Å². The van der Waals surface area contributed by atoms with Gasteiger partial charge in [-0.25, -0.2) is 4.79 Å². The summed E-state index contributed by atoms with van der Waals surface area (Å²) in [6.07, 6.45) is 6.04. The van der Waals surface area contributed by atoms with Gasteiger partial charge in [-0.2, -0.15) is 0 Å². The van der Waals surface area contributed by atoms with Crippen molar-refractivity contribution in [3.63, 3.8) is 0 Å². The number of hydrogen-bond donors (Lipinski definition) is 2. The molecule has 2 aromatic heterocycles. The van der Waals surface area contributed by atoms with E-state index in [2.05, 4.69) is 15.6 Å². The van der Waals surface area contributed by atoms with Gasteiger partial charge in [0.25, 0.3) is 0 Å². The lowest BCUT2D eigenvalue weighted by Crippen LogP contribution is -2.46. The third kappa shape index (κ3) is 4.35. The zero-order valence-corrected chi connectivity index (χ0v) is 13.6. The summed E-state index contributed by atoms with van der Waals surface area (Å²) < 4.78 is 7.03. The highest BCUT2D eigenvalue weighted by Gasteiger charge is 2.24. The largest absolute Gasteiger partial charge is 0.467 e. The number of hydrogen-bond acceptors (Lipinski definition) is 5. The molecule has 0 aliphatic carbocycles. The summed E-state index contributed by atoms with van der Waals surface area (Å²) in [4.78, 5) is 14.1. The lowest BCUT2D eigenvalue weighted by molar-refractivity contribution is 0.156. The van der Waals surface area contributed by atoms with Crippen molar-refractivity contribution in [2.45, 2.75) is 32.4 Å². The Bertz CT molecular complexity index is 640. The second kappa shape index (κ2) is 7.96. The molecule has 3 heterocycles. The first kappa shape index (κ1) is 16.5. The summed E-state index contributed by atoms with van der Waals surface area (Å²) >= 11 is 0. The minimum Gasteiger partial charge on any atom is -0.467 e. The highest BCUT2D eigenvalue weighted by molar-refractivity contribution is 5.74. The smallest absolute Gasteiger partial charge is 0.317 e. The van der Waals surface area contributed by atoms with E-state index in [9.17, 15) is 4.79 Å². The van der Waals surface area contributed by atoms with Crippen molar-refractivity contribution in [2.75, 3.05) is 19.7 Å². The predicted octanol–water partition coefficient (Wildman–Crippen LogP) is 1.03. The normalized spacial score (nSPS) is 17.9. The number of aliphatic hydroxyl groups excluding tert-OH is 1. The van der Waals surface area contributed by atoms with Crippen LogP contribution in [0.4, 0.5) is 4.79 Å². The molecule has 0 radical (unpaired) electrons. The van der Waals surface area contributed by atoms with E-state index in [1.807, 2.05) is 23.2 Å². The van der Waals surface area contributed by atoms with Crippen LogP contribution in [-0.2, 0) is 19.5 Å². The first-order chi connectivity index (χ1) is 11.7. The van der Waals surface area contributed by atoms with Gasteiger partial charge in [0.2, 0.25) is 0 Å². The summed E-state index contributed by atoms with van der Waals surface area (Å²) in [5.41, 5.74) is 0.793. The average molecular weight is 333 g/mol. The summed E-state index contributed by atoms with van der Waals surface area (Å²) in [5.74, 6) is 1.10. The molecule has 1 fully saturated rings. The zero-order chi connectivity index (χ0) is 16.8. The fraction of sp³-hybridized carbons (Fsp3) is 0.562. The van der Waals surface area contributed by atoms with E-state index in [0.29, 0.717) is 25.4 Å². The summed E-state index contributed by atoms with van der Waals surface area (Å²) in [6.45, 7) is 2.69. The molecule has 0 bridgehead atoms. The van der Waals surface area contributed by atoms with Gasteiger partial charge in [0.15, 0.2) is 0 Å². The molecule has 0 aromatic carbocycles. The Morgan fingerprint density at radius 3 is 3.21 bits per heavy atom. The maximum atomic E-state index is 12.3. The van der Waals surface area contributed by atoms with Gasteiger partial charge in [-0.05, 0) is 30.9 Å². The molecular weight excluding hydrogens is 310 g/mol. The van der Waals surface area contributed by atoms with Gasteiger partial charge in [0.05, 0.1) is 18.5 Å².